The summed E-state index contributed by atoms with van der Waals surface area (Å²) in [4.78, 5) is 0. The molecular formula is C14H12Cl2FNO. The second kappa shape index (κ2) is 5.78. The molecule has 0 saturated carbocycles. The van der Waals surface area contributed by atoms with E-state index in [0.717, 1.165) is 0 Å². The van der Waals surface area contributed by atoms with Crippen LogP contribution in [0.4, 0.5) is 4.39 Å². The lowest BCUT2D eigenvalue weighted by Crippen LogP contribution is -2.07. The highest BCUT2D eigenvalue weighted by molar-refractivity contribution is 6.42. The minimum absolute atomic E-state index is 0.339. The van der Waals surface area contributed by atoms with E-state index >= 15 is 0 Å². The molecule has 0 bridgehead atoms. The summed E-state index contributed by atoms with van der Waals surface area (Å²) in [5, 5.41) is 0.837. The van der Waals surface area contributed by atoms with E-state index in [4.69, 9.17) is 33.7 Å². The highest BCUT2D eigenvalue weighted by Crippen LogP contribution is 2.32. The molecule has 0 aromatic heterocycles. The predicted octanol–water partition coefficient (Wildman–Crippen LogP) is 4.94. The minimum atomic E-state index is -0.353. The molecule has 19 heavy (non-hydrogen) atoms. The lowest BCUT2D eigenvalue weighted by Gasteiger charge is -2.14. The molecule has 0 aliphatic heterocycles. The first-order valence-corrected chi connectivity index (χ1v) is 6.41. The summed E-state index contributed by atoms with van der Waals surface area (Å²) >= 11 is 11.7. The quantitative estimate of drug-likeness (QED) is 0.871. The van der Waals surface area contributed by atoms with Gasteiger partial charge in [-0.2, -0.15) is 0 Å². The Morgan fingerprint density at radius 1 is 1.11 bits per heavy atom. The smallest absolute Gasteiger partial charge is 0.132 e. The summed E-state index contributed by atoms with van der Waals surface area (Å²) in [7, 11) is 0. The molecule has 0 amide bonds. The van der Waals surface area contributed by atoms with E-state index in [1.807, 2.05) is 0 Å². The lowest BCUT2D eigenvalue weighted by atomic mass is 10.1. The third-order valence-corrected chi connectivity index (χ3v) is 3.32. The Balaban J connectivity index is 2.35. The highest BCUT2D eigenvalue weighted by Gasteiger charge is 2.11. The van der Waals surface area contributed by atoms with Crippen LogP contribution in [0.1, 0.15) is 18.5 Å². The van der Waals surface area contributed by atoms with Gasteiger partial charge in [-0.3, -0.25) is 0 Å². The van der Waals surface area contributed by atoms with Gasteiger partial charge in [0.15, 0.2) is 0 Å². The molecule has 100 valence electrons. The van der Waals surface area contributed by atoms with Crippen LogP contribution in [0.5, 0.6) is 11.5 Å². The molecule has 0 aliphatic carbocycles. The summed E-state index contributed by atoms with van der Waals surface area (Å²) in [6, 6.07) is 8.79. The van der Waals surface area contributed by atoms with Crippen LogP contribution >= 0.6 is 23.2 Å². The van der Waals surface area contributed by atoms with Crippen molar-refractivity contribution < 1.29 is 9.13 Å². The largest absolute Gasteiger partial charge is 0.457 e. The maximum Gasteiger partial charge on any atom is 0.132 e. The standard InChI is InChI=1S/C14H12Cl2FNO/c1-8(18)11-6-9(17)2-5-14(11)19-10-3-4-12(15)13(16)7-10/h2-8H,18H2,1H3/t8-/m1/s1. The zero-order valence-electron chi connectivity index (χ0n) is 10.2. The molecule has 0 unspecified atom stereocenters. The molecule has 0 saturated heterocycles. The van der Waals surface area contributed by atoms with Gasteiger partial charge >= 0.3 is 0 Å². The van der Waals surface area contributed by atoms with Crippen LogP contribution in [0.2, 0.25) is 10.0 Å². The van der Waals surface area contributed by atoms with Crippen LogP contribution in [-0.2, 0) is 0 Å². The Morgan fingerprint density at radius 3 is 2.47 bits per heavy atom. The fourth-order valence-corrected chi connectivity index (χ4v) is 1.92. The molecule has 0 spiro atoms. The number of nitrogens with two attached hydrogens (primary N) is 1. The van der Waals surface area contributed by atoms with Crippen molar-refractivity contribution in [2.75, 3.05) is 0 Å². The Morgan fingerprint density at radius 2 is 1.84 bits per heavy atom. The molecule has 0 aliphatic rings. The maximum atomic E-state index is 13.2. The summed E-state index contributed by atoms with van der Waals surface area (Å²) in [6.07, 6.45) is 0. The molecule has 1 atom stereocenters. The first-order valence-electron chi connectivity index (χ1n) is 5.65. The Hall–Kier alpha value is -1.29. The minimum Gasteiger partial charge on any atom is -0.457 e. The van der Waals surface area contributed by atoms with Gasteiger partial charge < -0.3 is 10.5 Å². The average molecular weight is 300 g/mol. The molecule has 5 heteroatoms. The van der Waals surface area contributed by atoms with Crippen LogP contribution < -0.4 is 10.5 Å². The van der Waals surface area contributed by atoms with E-state index in [9.17, 15) is 4.39 Å². The zero-order chi connectivity index (χ0) is 14.0. The van der Waals surface area contributed by atoms with Crippen LogP contribution in [-0.4, -0.2) is 0 Å². The topological polar surface area (TPSA) is 35.2 Å². The highest BCUT2D eigenvalue weighted by atomic mass is 35.5. The van der Waals surface area contributed by atoms with E-state index < -0.39 is 0 Å². The van der Waals surface area contributed by atoms with Crippen molar-refractivity contribution in [1.82, 2.24) is 0 Å². The molecule has 2 aromatic rings. The SMILES string of the molecule is C[C@@H](N)c1cc(F)ccc1Oc1ccc(Cl)c(Cl)c1. The number of hydrogen-bond donors (Lipinski definition) is 1. The van der Waals surface area contributed by atoms with Crippen LogP contribution in [0.25, 0.3) is 0 Å². The molecule has 0 radical (unpaired) electrons. The molecule has 2 aromatic carbocycles. The summed E-state index contributed by atoms with van der Waals surface area (Å²) < 4.78 is 18.9. The Kier molecular flexibility index (Phi) is 4.30. The molecule has 2 rings (SSSR count). The van der Waals surface area contributed by atoms with Gasteiger partial charge in [-0.1, -0.05) is 23.2 Å². The zero-order valence-corrected chi connectivity index (χ0v) is 11.7. The van der Waals surface area contributed by atoms with Crippen molar-refractivity contribution in [2.45, 2.75) is 13.0 Å². The average Bonchev–Trinajstić information content (AvgIpc) is 2.36. The van der Waals surface area contributed by atoms with Crippen molar-refractivity contribution in [3.63, 3.8) is 0 Å². The normalized spacial score (nSPS) is 12.3. The van der Waals surface area contributed by atoms with Gasteiger partial charge in [0.25, 0.3) is 0 Å². The number of benzene rings is 2. The molecular weight excluding hydrogens is 288 g/mol. The van der Waals surface area contributed by atoms with Gasteiger partial charge in [0, 0.05) is 17.7 Å². The van der Waals surface area contributed by atoms with Crippen molar-refractivity contribution in [3.05, 3.63) is 57.8 Å². The maximum absolute atomic E-state index is 13.2. The number of halogens is 3. The third kappa shape index (κ3) is 3.38. The van der Waals surface area contributed by atoms with Crippen LogP contribution in [0.3, 0.4) is 0 Å². The van der Waals surface area contributed by atoms with Gasteiger partial charge in [-0.25, -0.2) is 4.39 Å². The summed E-state index contributed by atoms with van der Waals surface area (Å²) in [5.74, 6) is 0.659. The van der Waals surface area contributed by atoms with E-state index in [1.165, 1.54) is 18.2 Å². The third-order valence-electron chi connectivity index (χ3n) is 2.58. The molecule has 0 heterocycles. The Labute approximate surface area is 120 Å². The first-order chi connectivity index (χ1) is 8.97. The number of rotatable bonds is 3. The van der Waals surface area contributed by atoms with Gasteiger partial charge in [0.1, 0.15) is 17.3 Å². The van der Waals surface area contributed by atoms with Gasteiger partial charge in [-0.05, 0) is 37.3 Å². The summed E-state index contributed by atoms with van der Waals surface area (Å²) in [5.41, 5.74) is 6.39. The van der Waals surface area contributed by atoms with E-state index in [-0.39, 0.29) is 11.9 Å². The van der Waals surface area contributed by atoms with Crippen LogP contribution in [0, 0.1) is 5.82 Å². The molecule has 0 fully saturated rings. The number of hydrogen-bond acceptors (Lipinski definition) is 2. The second-order valence-corrected chi connectivity index (χ2v) is 4.96. The van der Waals surface area contributed by atoms with Gasteiger partial charge in [-0.15, -0.1) is 0 Å². The molecule has 2 nitrogen and oxygen atoms in total. The summed E-state index contributed by atoms with van der Waals surface area (Å²) in [6.45, 7) is 1.76. The van der Waals surface area contributed by atoms with Gasteiger partial charge in [0.2, 0.25) is 0 Å². The van der Waals surface area contributed by atoms with E-state index in [2.05, 4.69) is 0 Å². The monoisotopic (exact) mass is 299 g/mol. The fourth-order valence-electron chi connectivity index (χ4n) is 1.64. The van der Waals surface area contributed by atoms with Crippen molar-refractivity contribution in [2.24, 2.45) is 5.73 Å². The molecule has 2 N–H and O–H groups in total. The second-order valence-electron chi connectivity index (χ2n) is 4.15. The Bertz CT molecular complexity index is 602. The van der Waals surface area contributed by atoms with Crippen molar-refractivity contribution >= 4 is 23.2 Å². The van der Waals surface area contributed by atoms with E-state index in [1.54, 1.807) is 25.1 Å². The van der Waals surface area contributed by atoms with Crippen molar-refractivity contribution in [1.29, 1.82) is 0 Å². The van der Waals surface area contributed by atoms with Crippen LogP contribution in [0.15, 0.2) is 36.4 Å². The number of ether oxygens (including phenoxy) is 1. The van der Waals surface area contributed by atoms with Crippen molar-refractivity contribution in [3.8, 4) is 11.5 Å². The van der Waals surface area contributed by atoms with E-state index in [0.29, 0.717) is 27.1 Å². The fraction of sp³-hybridized carbons (Fsp3) is 0.143. The predicted molar refractivity (Wildman–Crippen MR) is 75.5 cm³/mol. The lowest BCUT2D eigenvalue weighted by molar-refractivity contribution is 0.469. The van der Waals surface area contributed by atoms with Gasteiger partial charge in [0.05, 0.1) is 10.0 Å². The first kappa shape index (κ1) is 14.1.